The van der Waals surface area contributed by atoms with Crippen molar-refractivity contribution < 1.29 is 33.7 Å². The van der Waals surface area contributed by atoms with E-state index >= 15 is 0 Å². The van der Waals surface area contributed by atoms with E-state index in [1.54, 1.807) is 21.9 Å². The number of non-ortho nitro benzene ring substituents is 2. The van der Waals surface area contributed by atoms with E-state index in [0.29, 0.717) is 43.6 Å². The molecular weight excluding hydrogens is 594 g/mol. The standard InChI is InChI=1S/C29H33N5O9S/c35-27(26-13-25(44)16-32(26)29(37)43-18-20-3-7-24(8-4-20)34(40)41)30-12-11-21(14-30)15-31(22-9-10-22)28(36)42-17-19-1-5-23(6-2-19)33(38)39/h1-8,21-22,25-26,44H,9-18H2/t21-,25+,26+/m1/s1. The quantitative estimate of drug-likeness (QED) is 0.231. The predicted octanol–water partition coefficient (Wildman–Crippen LogP) is 4.16. The molecule has 2 aromatic carbocycles. The van der Waals surface area contributed by atoms with E-state index in [0.717, 1.165) is 12.8 Å². The summed E-state index contributed by atoms with van der Waals surface area (Å²) in [4.78, 5) is 65.0. The molecule has 3 fully saturated rings. The SMILES string of the molecule is O=C([C@@H]1C[C@H](S)CN1C(=O)OCc1ccc([N+](=O)[O-])cc1)N1CC[C@@H](CN(C(=O)OCc2ccc([N+](=O)[O-])cc2)C2CC2)C1. The monoisotopic (exact) mass is 627 g/mol. The highest BCUT2D eigenvalue weighted by molar-refractivity contribution is 7.81. The normalized spacial score (nSPS) is 21.2. The molecule has 1 aliphatic carbocycles. The highest BCUT2D eigenvalue weighted by atomic mass is 32.1. The van der Waals surface area contributed by atoms with Crippen LogP contribution in [0.25, 0.3) is 0 Å². The number of carbonyl (C=O) groups excluding carboxylic acids is 3. The van der Waals surface area contributed by atoms with Crippen LogP contribution in [0.1, 0.15) is 36.8 Å². The van der Waals surface area contributed by atoms with Crippen molar-refractivity contribution in [3.05, 3.63) is 79.9 Å². The second-order valence-electron chi connectivity index (χ2n) is 11.3. The Morgan fingerprint density at radius 3 is 1.98 bits per heavy atom. The molecule has 234 valence electrons. The van der Waals surface area contributed by atoms with Gasteiger partial charge < -0.3 is 19.3 Å². The van der Waals surface area contributed by atoms with E-state index in [2.05, 4.69) is 12.6 Å². The number of nitro groups is 2. The van der Waals surface area contributed by atoms with Crippen LogP contribution in [0.2, 0.25) is 0 Å². The van der Waals surface area contributed by atoms with Crippen molar-refractivity contribution in [1.82, 2.24) is 14.7 Å². The third kappa shape index (κ3) is 7.56. The fraction of sp³-hybridized carbons (Fsp3) is 0.483. The topological polar surface area (TPSA) is 166 Å². The average Bonchev–Trinajstić information content (AvgIpc) is 3.61. The van der Waals surface area contributed by atoms with Crippen LogP contribution < -0.4 is 0 Å². The first-order valence-electron chi connectivity index (χ1n) is 14.4. The maximum Gasteiger partial charge on any atom is 0.410 e. The summed E-state index contributed by atoms with van der Waals surface area (Å²) in [6.45, 7) is 1.54. The molecule has 2 heterocycles. The molecule has 3 amide bonds. The van der Waals surface area contributed by atoms with Gasteiger partial charge in [0.15, 0.2) is 0 Å². The van der Waals surface area contributed by atoms with Crippen molar-refractivity contribution in [1.29, 1.82) is 0 Å². The minimum absolute atomic E-state index is 0.00196. The number of thiol groups is 1. The van der Waals surface area contributed by atoms with Crippen molar-refractivity contribution in [3.63, 3.8) is 0 Å². The van der Waals surface area contributed by atoms with Crippen molar-refractivity contribution in [3.8, 4) is 0 Å². The smallest absolute Gasteiger partial charge is 0.410 e. The van der Waals surface area contributed by atoms with Crippen LogP contribution in [-0.2, 0) is 27.5 Å². The Morgan fingerprint density at radius 1 is 0.864 bits per heavy atom. The van der Waals surface area contributed by atoms with Gasteiger partial charge in [0, 0.05) is 61.7 Å². The lowest BCUT2D eigenvalue weighted by Crippen LogP contribution is -2.47. The molecule has 3 atom stereocenters. The van der Waals surface area contributed by atoms with Crippen molar-refractivity contribution in [2.24, 2.45) is 5.92 Å². The molecule has 0 aromatic heterocycles. The molecule has 2 saturated heterocycles. The fourth-order valence-corrected chi connectivity index (χ4v) is 5.94. The second-order valence-corrected chi connectivity index (χ2v) is 12.1. The van der Waals surface area contributed by atoms with E-state index in [4.69, 9.17) is 9.47 Å². The number of hydrogen-bond donors (Lipinski definition) is 1. The summed E-state index contributed by atoms with van der Waals surface area (Å²) in [5, 5.41) is 21.5. The van der Waals surface area contributed by atoms with Gasteiger partial charge in [0.1, 0.15) is 19.3 Å². The third-order valence-electron chi connectivity index (χ3n) is 8.09. The van der Waals surface area contributed by atoms with Gasteiger partial charge in [-0.25, -0.2) is 9.59 Å². The summed E-state index contributed by atoms with van der Waals surface area (Å²) in [5.41, 5.74) is 1.13. The van der Waals surface area contributed by atoms with Crippen molar-refractivity contribution >= 4 is 42.1 Å². The molecular formula is C29H33N5O9S. The lowest BCUT2D eigenvalue weighted by atomic mass is 10.1. The van der Waals surface area contributed by atoms with Crippen LogP contribution in [0.4, 0.5) is 21.0 Å². The summed E-state index contributed by atoms with van der Waals surface area (Å²) in [6.07, 6.45) is 1.75. The molecule has 0 bridgehead atoms. The number of nitro benzene ring substituents is 2. The molecule has 0 unspecified atom stereocenters. The first-order valence-corrected chi connectivity index (χ1v) is 14.9. The minimum Gasteiger partial charge on any atom is -0.445 e. The van der Waals surface area contributed by atoms with Crippen molar-refractivity contribution in [2.45, 2.75) is 56.2 Å². The summed E-state index contributed by atoms with van der Waals surface area (Å²) < 4.78 is 11.0. The number of carbonyl (C=O) groups is 3. The predicted molar refractivity (Wildman–Crippen MR) is 159 cm³/mol. The fourth-order valence-electron chi connectivity index (χ4n) is 5.56. The lowest BCUT2D eigenvalue weighted by Gasteiger charge is -2.28. The van der Waals surface area contributed by atoms with Gasteiger partial charge in [-0.1, -0.05) is 0 Å². The Hall–Kier alpha value is -4.40. The molecule has 5 rings (SSSR count). The van der Waals surface area contributed by atoms with E-state index in [1.165, 1.54) is 41.3 Å². The number of rotatable bonds is 10. The Bertz CT molecular complexity index is 1400. The van der Waals surface area contributed by atoms with Gasteiger partial charge >= 0.3 is 12.2 Å². The van der Waals surface area contributed by atoms with E-state index < -0.39 is 28.1 Å². The molecule has 14 nitrogen and oxygen atoms in total. The van der Waals surface area contributed by atoms with Gasteiger partial charge in [-0.2, -0.15) is 12.6 Å². The number of ether oxygens (including phenoxy) is 2. The molecule has 0 radical (unpaired) electrons. The van der Waals surface area contributed by atoms with Crippen LogP contribution in [-0.4, -0.2) is 86.2 Å². The Kier molecular flexibility index (Phi) is 9.52. The number of amides is 3. The maximum absolute atomic E-state index is 13.6. The van der Waals surface area contributed by atoms with Gasteiger partial charge in [-0.05, 0) is 67.0 Å². The van der Waals surface area contributed by atoms with Crippen LogP contribution in [0, 0.1) is 26.1 Å². The molecule has 2 aliphatic heterocycles. The number of hydrogen-bond acceptors (Lipinski definition) is 10. The van der Waals surface area contributed by atoms with E-state index in [9.17, 15) is 34.6 Å². The number of benzene rings is 2. The van der Waals surface area contributed by atoms with Crippen LogP contribution in [0.15, 0.2) is 48.5 Å². The van der Waals surface area contributed by atoms with Gasteiger partial charge in [0.05, 0.1) is 9.85 Å². The average molecular weight is 628 g/mol. The molecule has 44 heavy (non-hydrogen) atoms. The lowest BCUT2D eigenvalue weighted by molar-refractivity contribution is -0.385. The number of nitrogens with zero attached hydrogens (tertiary/aromatic N) is 5. The van der Waals surface area contributed by atoms with Gasteiger partial charge in [-0.3, -0.25) is 29.9 Å². The zero-order chi connectivity index (χ0) is 31.4. The minimum atomic E-state index is -0.716. The Morgan fingerprint density at radius 2 is 1.43 bits per heavy atom. The summed E-state index contributed by atoms with van der Waals surface area (Å²) >= 11 is 4.51. The second kappa shape index (κ2) is 13.5. The van der Waals surface area contributed by atoms with Crippen molar-refractivity contribution in [2.75, 3.05) is 26.2 Å². The first-order chi connectivity index (χ1) is 21.1. The zero-order valence-corrected chi connectivity index (χ0v) is 24.8. The Labute approximate surface area is 258 Å². The van der Waals surface area contributed by atoms with Crippen LogP contribution >= 0.6 is 12.6 Å². The molecule has 15 heteroatoms. The first kappa shape index (κ1) is 31.0. The highest BCUT2D eigenvalue weighted by Gasteiger charge is 2.43. The zero-order valence-electron chi connectivity index (χ0n) is 23.9. The highest BCUT2D eigenvalue weighted by Crippen LogP contribution is 2.32. The number of likely N-dealkylation sites (tertiary alicyclic amines) is 2. The summed E-state index contributed by atoms with van der Waals surface area (Å²) in [6, 6.07) is 10.9. The molecule has 0 N–H and O–H groups in total. The molecule has 1 saturated carbocycles. The maximum atomic E-state index is 13.6. The third-order valence-corrected chi connectivity index (χ3v) is 8.47. The van der Waals surface area contributed by atoms with Gasteiger partial charge in [0.2, 0.25) is 5.91 Å². The van der Waals surface area contributed by atoms with Crippen LogP contribution in [0.5, 0.6) is 0 Å². The molecule has 3 aliphatic rings. The molecule has 0 spiro atoms. The van der Waals surface area contributed by atoms with E-state index in [-0.39, 0.29) is 54.3 Å². The largest absolute Gasteiger partial charge is 0.445 e. The summed E-state index contributed by atoms with van der Waals surface area (Å²) in [5.74, 6) is -0.141. The molecule has 2 aromatic rings. The van der Waals surface area contributed by atoms with E-state index in [1.807, 2.05) is 0 Å². The van der Waals surface area contributed by atoms with Gasteiger partial charge in [-0.15, -0.1) is 0 Å². The Balaban J connectivity index is 1.12. The summed E-state index contributed by atoms with van der Waals surface area (Å²) in [7, 11) is 0. The van der Waals surface area contributed by atoms with Gasteiger partial charge in [0.25, 0.3) is 11.4 Å². The van der Waals surface area contributed by atoms with Crippen LogP contribution in [0.3, 0.4) is 0 Å².